The Morgan fingerprint density at radius 3 is 2.53 bits per heavy atom. The minimum Gasteiger partial charge on any atom is -0.341 e. The number of aromatic nitrogens is 2. The number of amides is 1. The maximum absolute atomic E-state index is 13.0. The molecule has 7 nitrogen and oxygen atoms in total. The number of pyridine rings is 1. The molecule has 2 aromatic heterocycles. The van der Waals surface area contributed by atoms with Gasteiger partial charge in [0, 0.05) is 59.2 Å². The highest BCUT2D eigenvalue weighted by Crippen LogP contribution is 2.32. The number of hydrogen-bond acceptors (Lipinski definition) is 4. The van der Waals surface area contributed by atoms with E-state index in [1.54, 1.807) is 6.07 Å². The molecule has 5 rings (SSSR count). The third kappa shape index (κ3) is 3.96. The Morgan fingerprint density at radius 2 is 1.79 bits per heavy atom. The molecule has 34 heavy (non-hydrogen) atoms. The number of hydrogen-bond donors (Lipinski definition) is 1. The summed E-state index contributed by atoms with van der Waals surface area (Å²) >= 11 is 6.00. The van der Waals surface area contributed by atoms with E-state index in [0.29, 0.717) is 12.8 Å². The summed E-state index contributed by atoms with van der Waals surface area (Å²) in [4.78, 5) is 16.9. The van der Waals surface area contributed by atoms with Crippen molar-refractivity contribution in [2.75, 3.05) is 18.4 Å². The van der Waals surface area contributed by atoms with Gasteiger partial charge in [-0.3, -0.25) is 4.79 Å². The number of halogens is 1. The van der Waals surface area contributed by atoms with Gasteiger partial charge in [-0.1, -0.05) is 29.8 Å². The molecular weight excluding hydrogens is 472 g/mol. The zero-order valence-corrected chi connectivity index (χ0v) is 20.3. The first-order chi connectivity index (χ1) is 16.4. The number of rotatable bonds is 5. The fourth-order valence-corrected chi connectivity index (χ4v) is 6.68. The molecule has 1 amide bonds. The molecule has 0 bridgehead atoms. The lowest BCUT2D eigenvalue weighted by Gasteiger charge is -2.30. The van der Waals surface area contributed by atoms with Crippen LogP contribution in [-0.4, -0.2) is 41.3 Å². The monoisotopic (exact) mass is 496 g/mol. The molecule has 4 aromatic rings. The Labute approximate surface area is 203 Å². The zero-order valence-electron chi connectivity index (χ0n) is 18.7. The van der Waals surface area contributed by atoms with Crippen LogP contribution in [0.25, 0.3) is 21.8 Å². The summed E-state index contributed by atoms with van der Waals surface area (Å²) in [5.74, 6) is -0.349. The van der Waals surface area contributed by atoms with Crippen molar-refractivity contribution in [3.05, 3.63) is 65.9 Å². The predicted octanol–water partition coefficient (Wildman–Crippen LogP) is 4.90. The van der Waals surface area contributed by atoms with Crippen LogP contribution in [0.5, 0.6) is 0 Å². The van der Waals surface area contributed by atoms with Crippen molar-refractivity contribution in [2.24, 2.45) is 5.92 Å². The SMILES string of the molecule is CCn1c2ccccc2c2cc(NC(=O)C3CCN(S(=O)(=O)c4cccnc4Cl)CC3)ccc21. The molecule has 1 aliphatic heterocycles. The molecule has 0 aliphatic carbocycles. The number of piperidine rings is 1. The van der Waals surface area contributed by atoms with Gasteiger partial charge in [-0.25, -0.2) is 13.4 Å². The number of para-hydroxylation sites is 1. The van der Waals surface area contributed by atoms with E-state index in [-0.39, 0.29) is 35.0 Å². The van der Waals surface area contributed by atoms with Crippen LogP contribution in [-0.2, 0) is 21.4 Å². The van der Waals surface area contributed by atoms with Crippen molar-refractivity contribution in [3.63, 3.8) is 0 Å². The van der Waals surface area contributed by atoms with Crippen molar-refractivity contribution in [1.82, 2.24) is 13.9 Å². The molecule has 1 fully saturated rings. The Hall–Kier alpha value is -2.94. The van der Waals surface area contributed by atoms with E-state index in [9.17, 15) is 13.2 Å². The topological polar surface area (TPSA) is 84.3 Å². The lowest BCUT2D eigenvalue weighted by Crippen LogP contribution is -2.41. The first-order valence-corrected chi connectivity index (χ1v) is 13.1. The number of benzene rings is 2. The molecule has 176 valence electrons. The van der Waals surface area contributed by atoms with Gasteiger partial charge in [0.05, 0.1) is 0 Å². The molecular formula is C25H25ClN4O3S. The van der Waals surface area contributed by atoms with Crippen LogP contribution in [0.3, 0.4) is 0 Å². The second kappa shape index (κ2) is 9.02. The molecule has 1 aliphatic rings. The fraction of sp³-hybridized carbons (Fsp3) is 0.280. The number of fused-ring (bicyclic) bond motifs is 3. The van der Waals surface area contributed by atoms with E-state index >= 15 is 0 Å². The standard InChI is InChI=1S/C25H25ClN4O3S/c1-2-30-21-7-4-3-6-19(21)20-16-18(9-10-22(20)30)28-25(31)17-11-14-29(15-12-17)34(32,33)23-8-5-13-27-24(23)26/h3-10,13,16-17H,2,11-12,14-15H2,1H3,(H,28,31). The van der Waals surface area contributed by atoms with Crippen LogP contribution < -0.4 is 5.32 Å². The Bertz CT molecular complexity index is 1490. The second-order valence-corrected chi connectivity index (χ2v) is 10.7. The third-order valence-electron chi connectivity index (χ3n) is 6.52. The van der Waals surface area contributed by atoms with Gasteiger partial charge in [0.25, 0.3) is 0 Å². The Kier molecular flexibility index (Phi) is 6.06. The molecule has 0 saturated carbocycles. The minimum atomic E-state index is -3.74. The average Bonchev–Trinajstić information content (AvgIpc) is 3.17. The highest BCUT2D eigenvalue weighted by molar-refractivity contribution is 7.89. The molecule has 0 radical (unpaired) electrons. The first-order valence-electron chi connectivity index (χ1n) is 11.3. The van der Waals surface area contributed by atoms with E-state index in [2.05, 4.69) is 33.9 Å². The highest BCUT2D eigenvalue weighted by atomic mass is 35.5. The maximum atomic E-state index is 13.0. The van der Waals surface area contributed by atoms with E-state index < -0.39 is 10.0 Å². The van der Waals surface area contributed by atoms with E-state index in [4.69, 9.17) is 11.6 Å². The van der Waals surface area contributed by atoms with Gasteiger partial charge in [0.15, 0.2) is 0 Å². The zero-order chi connectivity index (χ0) is 23.9. The van der Waals surface area contributed by atoms with Gasteiger partial charge < -0.3 is 9.88 Å². The molecule has 1 saturated heterocycles. The summed E-state index contributed by atoms with van der Waals surface area (Å²) < 4.78 is 29.5. The summed E-state index contributed by atoms with van der Waals surface area (Å²) in [6, 6.07) is 17.3. The normalized spacial score (nSPS) is 15.7. The van der Waals surface area contributed by atoms with Gasteiger partial charge in [-0.05, 0) is 56.2 Å². The Morgan fingerprint density at radius 1 is 1.06 bits per heavy atom. The van der Waals surface area contributed by atoms with Gasteiger partial charge in [0.2, 0.25) is 15.9 Å². The van der Waals surface area contributed by atoms with Crippen molar-refractivity contribution < 1.29 is 13.2 Å². The van der Waals surface area contributed by atoms with Crippen LogP contribution in [0.15, 0.2) is 65.7 Å². The van der Waals surface area contributed by atoms with E-state index in [1.807, 2.05) is 30.3 Å². The molecule has 0 unspecified atom stereocenters. The molecule has 0 atom stereocenters. The van der Waals surface area contributed by atoms with Crippen LogP contribution in [0.4, 0.5) is 5.69 Å². The molecule has 3 heterocycles. The quantitative estimate of drug-likeness (QED) is 0.398. The van der Waals surface area contributed by atoms with Crippen LogP contribution in [0, 0.1) is 5.92 Å². The number of anilines is 1. The Balaban J connectivity index is 1.30. The van der Waals surface area contributed by atoms with Crippen molar-refractivity contribution in [3.8, 4) is 0 Å². The summed E-state index contributed by atoms with van der Waals surface area (Å²) in [6.07, 6.45) is 2.34. The largest absolute Gasteiger partial charge is 0.341 e. The number of carbonyl (C=O) groups excluding carboxylic acids is 1. The molecule has 9 heteroatoms. The fourth-order valence-electron chi connectivity index (χ4n) is 4.78. The maximum Gasteiger partial charge on any atom is 0.246 e. The van der Waals surface area contributed by atoms with Crippen LogP contribution in [0.2, 0.25) is 5.15 Å². The van der Waals surface area contributed by atoms with Crippen LogP contribution >= 0.6 is 11.6 Å². The summed E-state index contributed by atoms with van der Waals surface area (Å²) in [5, 5.41) is 5.26. The first kappa shape index (κ1) is 22.8. The molecule has 2 aromatic carbocycles. The summed E-state index contributed by atoms with van der Waals surface area (Å²) in [6.45, 7) is 3.50. The van der Waals surface area contributed by atoms with E-state index in [0.717, 1.165) is 28.5 Å². The molecule has 1 N–H and O–H groups in total. The van der Waals surface area contributed by atoms with Gasteiger partial charge in [-0.2, -0.15) is 4.31 Å². The number of carbonyl (C=O) groups is 1. The summed E-state index contributed by atoms with van der Waals surface area (Å²) in [5.41, 5.74) is 3.05. The smallest absolute Gasteiger partial charge is 0.246 e. The summed E-state index contributed by atoms with van der Waals surface area (Å²) in [7, 11) is -3.74. The van der Waals surface area contributed by atoms with Crippen molar-refractivity contribution >= 4 is 55.0 Å². The number of nitrogens with one attached hydrogen (secondary N) is 1. The van der Waals surface area contributed by atoms with Gasteiger partial charge in [0.1, 0.15) is 10.0 Å². The molecule has 0 spiro atoms. The highest BCUT2D eigenvalue weighted by Gasteiger charge is 2.33. The number of aryl methyl sites for hydroxylation is 1. The van der Waals surface area contributed by atoms with E-state index in [1.165, 1.54) is 22.1 Å². The van der Waals surface area contributed by atoms with Crippen molar-refractivity contribution in [1.29, 1.82) is 0 Å². The van der Waals surface area contributed by atoms with Crippen LogP contribution in [0.1, 0.15) is 19.8 Å². The lowest BCUT2D eigenvalue weighted by atomic mass is 9.97. The van der Waals surface area contributed by atoms with Crippen molar-refractivity contribution in [2.45, 2.75) is 31.2 Å². The second-order valence-electron chi connectivity index (χ2n) is 8.45. The third-order valence-corrected chi connectivity index (χ3v) is 8.87. The number of sulfonamides is 1. The average molecular weight is 497 g/mol. The van der Waals surface area contributed by atoms with Gasteiger partial charge >= 0.3 is 0 Å². The lowest BCUT2D eigenvalue weighted by molar-refractivity contribution is -0.120. The van der Waals surface area contributed by atoms with Gasteiger partial charge in [-0.15, -0.1) is 0 Å². The number of nitrogens with zero attached hydrogens (tertiary/aromatic N) is 3. The minimum absolute atomic E-state index is 0.000821. The predicted molar refractivity (Wildman–Crippen MR) is 134 cm³/mol.